The molecule has 33 heavy (non-hydrogen) atoms. The fraction of sp³-hybridized carbons (Fsp3) is 0.483. The van der Waals surface area contributed by atoms with E-state index in [2.05, 4.69) is 65.0 Å². The molecule has 0 radical (unpaired) electrons. The zero-order chi connectivity index (χ0) is 24.3. The van der Waals surface area contributed by atoms with Crippen molar-refractivity contribution in [2.75, 3.05) is 7.11 Å². The molecule has 1 aliphatic carbocycles. The van der Waals surface area contributed by atoms with E-state index in [1.54, 1.807) is 6.08 Å². The number of hydrogen-bond donors (Lipinski definition) is 1. The number of benzene rings is 2. The summed E-state index contributed by atoms with van der Waals surface area (Å²) in [6.07, 6.45) is 7.83. The molecule has 0 saturated heterocycles. The summed E-state index contributed by atoms with van der Waals surface area (Å²) >= 11 is 0. The van der Waals surface area contributed by atoms with Crippen molar-refractivity contribution < 1.29 is 14.3 Å². The Bertz CT molecular complexity index is 925. The molecular formula is C29H40O3Si. The molecule has 1 saturated carbocycles. The first-order valence-electron chi connectivity index (χ1n) is 12.1. The molecule has 1 N–H and O–H groups in total. The van der Waals surface area contributed by atoms with Crippen LogP contribution >= 0.6 is 0 Å². The zero-order valence-electron chi connectivity index (χ0n) is 21.1. The maximum atomic E-state index is 12.4. The van der Waals surface area contributed by atoms with Crippen molar-refractivity contribution >= 4 is 24.7 Å². The molecule has 0 aliphatic heterocycles. The Hall–Kier alpha value is -2.17. The summed E-state index contributed by atoms with van der Waals surface area (Å²) < 4.78 is 4.81. The standard InChI is InChI=1S/C29H40O3Si/c1-27(2,33(31,24-13-9-7-10-14-24)25-15-11-8-12-16-25)20-17-23-18-21-29(5,28(23,3)4)22-19-26(30)32-6/h7-16,19,22-23,31H,17-18,20-21H2,1-6H3/b22-19+/t23-,29-/m1/s1. The van der Waals surface area contributed by atoms with E-state index in [0.29, 0.717) is 5.92 Å². The van der Waals surface area contributed by atoms with Crippen molar-refractivity contribution in [3.05, 3.63) is 72.8 Å². The van der Waals surface area contributed by atoms with Gasteiger partial charge in [-0.1, -0.05) is 101 Å². The van der Waals surface area contributed by atoms with E-state index < -0.39 is 8.32 Å². The van der Waals surface area contributed by atoms with Gasteiger partial charge in [-0.15, -0.1) is 0 Å². The second-order valence-electron chi connectivity index (χ2n) is 11.1. The second-order valence-corrected chi connectivity index (χ2v) is 15.0. The third-order valence-electron chi connectivity index (χ3n) is 8.77. The molecule has 0 aromatic heterocycles. The normalized spacial score (nSPS) is 23.1. The summed E-state index contributed by atoms with van der Waals surface area (Å²) in [6, 6.07) is 20.5. The Balaban J connectivity index is 1.86. The van der Waals surface area contributed by atoms with E-state index in [1.807, 2.05) is 36.4 Å². The third-order valence-corrected chi connectivity index (χ3v) is 13.3. The topological polar surface area (TPSA) is 46.5 Å². The SMILES string of the molecule is COC(=O)/C=C/[C@@]1(C)CC[C@@H](CCC(C)(C)[Si](O)(c2ccccc2)c2ccccc2)C1(C)C. The number of allylic oxidation sites excluding steroid dienone is 1. The Kier molecular flexibility index (Phi) is 7.40. The Morgan fingerprint density at radius 3 is 2.06 bits per heavy atom. The summed E-state index contributed by atoms with van der Waals surface area (Å²) in [5.74, 6) is 0.229. The van der Waals surface area contributed by atoms with Gasteiger partial charge in [0.2, 0.25) is 0 Å². The van der Waals surface area contributed by atoms with Crippen LogP contribution in [0.3, 0.4) is 0 Å². The number of rotatable bonds is 8. The number of esters is 1. The van der Waals surface area contributed by atoms with Crippen LogP contribution in [0.25, 0.3) is 0 Å². The molecule has 178 valence electrons. The minimum atomic E-state index is -2.99. The predicted octanol–water partition coefficient (Wildman–Crippen LogP) is 5.47. The van der Waals surface area contributed by atoms with Crippen LogP contribution in [0.1, 0.15) is 60.3 Å². The second kappa shape index (κ2) is 9.59. The average molecular weight is 465 g/mol. The van der Waals surface area contributed by atoms with Gasteiger partial charge in [0.1, 0.15) is 0 Å². The summed E-state index contributed by atoms with van der Waals surface area (Å²) in [6.45, 7) is 11.4. The van der Waals surface area contributed by atoms with E-state index in [-0.39, 0.29) is 21.8 Å². The van der Waals surface area contributed by atoms with Crippen molar-refractivity contribution in [3.63, 3.8) is 0 Å². The van der Waals surface area contributed by atoms with Crippen LogP contribution in [0.15, 0.2) is 72.8 Å². The summed E-state index contributed by atoms with van der Waals surface area (Å²) in [5, 5.41) is 1.89. The van der Waals surface area contributed by atoms with Crippen molar-refractivity contribution in [3.8, 4) is 0 Å². The number of carbonyl (C=O) groups is 1. The largest absolute Gasteiger partial charge is 0.466 e. The highest BCUT2D eigenvalue weighted by atomic mass is 28.4. The number of hydrogen-bond acceptors (Lipinski definition) is 3. The highest BCUT2D eigenvalue weighted by Gasteiger charge is 2.53. The van der Waals surface area contributed by atoms with Gasteiger partial charge in [0.15, 0.2) is 0 Å². The average Bonchev–Trinajstić information content (AvgIpc) is 3.05. The highest BCUT2D eigenvalue weighted by Crippen LogP contribution is 2.59. The minimum absolute atomic E-state index is 0.0484. The molecule has 0 bridgehead atoms. The molecule has 0 heterocycles. The van der Waals surface area contributed by atoms with Crippen LogP contribution in [0, 0.1) is 16.7 Å². The van der Waals surface area contributed by atoms with Gasteiger partial charge in [0.25, 0.3) is 8.32 Å². The van der Waals surface area contributed by atoms with Crippen LogP contribution in [-0.2, 0) is 9.53 Å². The zero-order valence-corrected chi connectivity index (χ0v) is 22.1. The van der Waals surface area contributed by atoms with E-state index in [4.69, 9.17) is 4.74 Å². The summed E-state index contributed by atoms with van der Waals surface area (Å²) in [7, 11) is -1.57. The number of carbonyl (C=O) groups excluding carboxylic acids is 1. The Morgan fingerprint density at radius 1 is 1.06 bits per heavy atom. The summed E-state index contributed by atoms with van der Waals surface area (Å²) in [4.78, 5) is 24.1. The van der Waals surface area contributed by atoms with Gasteiger partial charge in [-0.05, 0) is 57.8 Å². The maximum Gasteiger partial charge on any atom is 0.330 e. The smallest absolute Gasteiger partial charge is 0.330 e. The third kappa shape index (κ3) is 4.74. The first-order valence-corrected chi connectivity index (χ1v) is 14.0. The van der Waals surface area contributed by atoms with E-state index in [0.717, 1.165) is 36.1 Å². The summed E-state index contributed by atoms with van der Waals surface area (Å²) in [5.41, 5.74) is -0.00461. The molecule has 2 aromatic rings. The molecule has 1 fully saturated rings. The monoisotopic (exact) mass is 464 g/mol. The van der Waals surface area contributed by atoms with Gasteiger partial charge in [-0.25, -0.2) is 4.79 Å². The van der Waals surface area contributed by atoms with Gasteiger partial charge in [0.05, 0.1) is 7.11 Å². The quantitative estimate of drug-likeness (QED) is 0.320. The lowest BCUT2D eigenvalue weighted by molar-refractivity contribution is -0.134. The van der Waals surface area contributed by atoms with Crippen LogP contribution in [0.4, 0.5) is 0 Å². The molecule has 0 amide bonds. The maximum absolute atomic E-state index is 12.4. The van der Waals surface area contributed by atoms with E-state index in [1.165, 1.54) is 7.11 Å². The van der Waals surface area contributed by atoms with Gasteiger partial charge in [-0.2, -0.15) is 0 Å². The molecule has 4 heteroatoms. The highest BCUT2D eigenvalue weighted by molar-refractivity contribution is 6.98. The molecule has 2 atom stereocenters. The van der Waals surface area contributed by atoms with E-state index in [9.17, 15) is 9.59 Å². The minimum Gasteiger partial charge on any atom is -0.466 e. The number of methoxy groups -OCH3 is 1. The fourth-order valence-corrected chi connectivity index (χ4v) is 9.52. The van der Waals surface area contributed by atoms with Gasteiger partial charge in [-0.3, -0.25) is 0 Å². The van der Waals surface area contributed by atoms with Crippen molar-refractivity contribution in [2.45, 2.75) is 65.3 Å². The van der Waals surface area contributed by atoms with Crippen LogP contribution in [0.5, 0.6) is 0 Å². The van der Waals surface area contributed by atoms with Crippen molar-refractivity contribution in [1.82, 2.24) is 0 Å². The van der Waals surface area contributed by atoms with Gasteiger partial charge in [0, 0.05) is 6.08 Å². The molecule has 3 rings (SSSR count). The lowest BCUT2D eigenvalue weighted by atomic mass is 9.64. The molecule has 3 nitrogen and oxygen atoms in total. The lowest BCUT2D eigenvalue weighted by Crippen LogP contribution is -2.65. The first kappa shape index (κ1) is 25.4. The molecule has 0 unspecified atom stereocenters. The van der Waals surface area contributed by atoms with Gasteiger partial charge < -0.3 is 9.53 Å². The van der Waals surface area contributed by atoms with Crippen molar-refractivity contribution in [1.29, 1.82) is 0 Å². The molecule has 2 aromatic carbocycles. The van der Waals surface area contributed by atoms with E-state index >= 15 is 0 Å². The van der Waals surface area contributed by atoms with Gasteiger partial charge >= 0.3 is 5.97 Å². The van der Waals surface area contributed by atoms with Crippen LogP contribution < -0.4 is 10.4 Å². The van der Waals surface area contributed by atoms with Crippen LogP contribution in [-0.4, -0.2) is 26.2 Å². The Morgan fingerprint density at radius 2 is 1.58 bits per heavy atom. The predicted molar refractivity (Wildman–Crippen MR) is 139 cm³/mol. The number of ether oxygens (including phenoxy) is 1. The molecular weight excluding hydrogens is 424 g/mol. The fourth-order valence-electron chi connectivity index (χ4n) is 5.77. The molecule has 0 spiro atoms. The molecule has 1 aliphatic rings. The van der Waals surface area contributed by atoms with Crippen molar-refractivity contribution in [2.24, 2.45) is 16.7 Å². The Labute approximate surface area is 201 Å². The lowest BCUT2D eigenvalue weighted by Gasteiger charge is -2.44. The van der Waals surface area contributed by atoms with Crippen LogP contribution in [0.2, 0.25) is 5.04 Å². The first-order chi connectivity index (χ1) is 15.5.